The van der Waals surface area contributed by atoms with E-state index in [1.54, 1.807) is 0 Å². The fourth-order valence-corrected chi connectivity index (χ4v) is 3.67. The lowest BCUT2D eigenvalue weighted by molar-refractivity contribution is -0.141. The van der Waals surface area contributed by atoms with Gasteiger partial charge < -0.3 is 14.2 Å². The zero-order chi connectivity index (χ0) is 23.0. The molecule has 5 nitrogen and oxygen atoms in total. The Kier molecular flexibility index (Phi) is 6.17. The molecule has 0 saturated heterocycles. The van der Waals surface area contributed by atoms with Gasteiger partial charge in [-0.05, 0) is 34.1 Å². The predicted octanol–water partition coefficient (Wildman–Crippen LogP) is 5.27. The summed E-state index contributed by atoms with van der Waals surface area (Å²) in [6, 6.07) is 11.7. The van der Waals surface area contributed by atoms with Gasteiger partial charge in [-0.2, -0.15) is 0 Å². The van der Waals surface area contributed by atoms with Crippen LogP contribution in [0, 0.1) is 0 Å². The summed E-state index contributed by atoms with van der Waals surface area (Å²) in [6.45, 7) is 14.8. The number of carbonyl (C=O) groups is 2. The highest BCUT2D eigenvalue weighted by Crippen LogP contribution is 2.47. The molecular weight excluding hydrogens is 392 g/mol. The summed E-state index contributed by atoms with van der Waals surface area (Å²) in [7, 11) is 0. The lowest BCUT2D eigenvalue weighted by Crippen LogP contribution is -2.17. The number of carbonyl (C=O) groups excluding carboxylic acids is 2. The maximum atomic E-state index is 12.9. The number of hydrogen-bond donors (Lipinski definition) is 0. The zero-order valence-corrected chi connectivity index (χ0v) is 19.5. The lowest BCUT2D eigenvalue weighted by atomic mass is 9.77. The Morgan fingerprint density at radius 2 is 1.61 bits per heavy atom. The standard InChI is InChI=1S/C26H32O5/c1-16(27)29-12-13-30-19-10-8-17(9-11-19)22-20-14-18(25(2,3)4)15-21(26(5,6)7)23(20)31-24(22)28/h8-11,14-15,22H,12-13H2,1-7H3. The van der Waals surface area contributed by atoms with Crippen molar-refractivity contribution >= 4 is 11.9 Å². The maximum Gasteiger partial charge on any atom is 0.323 e. The van der Waals surface area contributed by atoms with Crippen molar-refractivity contribution in [1.82, 2.24) is 0 Å². The minimum absolute atomic E-state index is 0.0507. The van der Waals surface area contributed by atoms with Crippen molar-refractivity contribution in [2.75, 3.05) is 13.2 Å². The average Bonchev–Trinajstić information content (AvgIpc) is 2.99. The first-order valence-corrected chi connectivity index (χ1v) is 10.6. The van der Waals surface area contributed by atoms with Crippen molar-refractivity contribution in [3.05, 3.63) is 58.7 Å². The number of fused-ring (bicyclic) bond motifs is 1. The van der Waals surface area contributed by atoms with Crippen LogP contribution in [0.5, 0.6) is 11.5 Å². The largest absolute Gasteiger partial charge is 0.490 e. The third-order valence-corrected chi connectivity index (χ3v) is 5.41. The smallest absolute Gasteiger partial charge is 0.323 e. The second-order valence-corrected chi connectivity index (χ2v) is 10.1. The minimum Gasteiger partial charge on any atom is -0.490 e. The van der Waals surface area contributed by atoms with E-state index < -0.39 is 5.92 Å². The first-order chi connectivity index (χ1) is 14.4. The summed E-state index contributed by atoms with van der Waals surface area (Å²) in [5.41, 5.74) is 3.82. The second-order valence-electron chi connectivity index (χ2n) is 10.1. The van der Waals surface area contributed by atoms with Gasteiger partial charge in [0.05, 0.1) is 0 Å². The second kappa shape index (κ2) is 8.37. The molecule has 0 saturated carbocycles. The van der Waals surface area contributed by atoms with Crippen LogP contribution in [0.25, 0.3) is 0 Å². The van der Waals surface area contributed by atoms with Gasteiger partial charge >= 0.3 is 11.9 Å². The molecule has 2 aromatic carbocycles. The highest BCUT2D eigenvalue weighted by molar-refractivity contribution is 5.90. The molecule has 3 rings (SSSR count). The van der Waals surface area contributed by atoms with Crippen LogP contribution in [-0.4, -0.2) is 25.2 Å². The van der Waals surface area contributed by atoms with Crippen LogP contribution in [0.1, 0.15) is 76.6 Å². The molecule has 0 radical (unpaired) electrons. The molecule has 31 heavy (non-hydrogen) atoms. The molecule has 0 aliphatic carbocycles. The van der Waals surface area contributed by atoms with E-state index in [2.05, 4.69) is 53.7 Å². The highest BCUT2D eigenvalue weighted by atomic mass is 16.6. The summed E-state index contributed by atoms with van der Waals surface area (Å²) >= 11 is 0. The van der Waals surface area contributed by atoms with Gasteiger partial charge in [-0.25, -0.2) is 0 Å². The van der Waals surface area contributed by atoms with E-state index in [0.29, 0.717) is 11.5 Å². The molecule has 1 unspecified atom stereocenters. The molecule has 0 aromatic heterocycles. The Bertz CT molecular complexity index is 975. The van der Waals surface area contributed by atoms with Gasteiger partial charge in [0.2, 0.25) is 0 Å². The Labute approximate surface area is 184 Å². The van der Waals surface area contributed by atoms with Gasteiger partial charge in [-0.1, -0.05) is 65.8 Å². The fraction of sp³-hybridized carbons (Fsp3) is 0.462. The van der Waals surface area contributed by atoms with Crippen LogP contribution in [0.2, 0.25) is 0 Å². The summed E-state index contributed by atoms with van der Waals surface area (Å²) < 4.78 is 16.3. The Morgan fingerprint density at radius 3 is 2.16 bits per heavy atom. The van der Waals surface area contributed by atoms with E-state index in [1.165, 1.54) is 12.5 Å². The first kappa shape index (κ1) is 22.9. The molecule has 1 aliphatic heterocycles. The van der Waals surface area contributed by atoms with Crippen molar-refractivity contribution in [2.45, 2.75) is 65.2 Å². The van der Waals surface area contributed by atoms with Gasteiger partial charge in [0, 0.05) is 18.1 Å². The topological polar surface area (TPSA) is 61.8 Å². The fourth-order valence-electron chi connectivity index (χ4n) is 3.67. The molecule has 0 spiro atoms. The predicted molar refractivity (Wildman–Crippen MR) is 120 cm³/mol. The van der Waals surface area contributed by atoms with E-state index >= 15 is 0 Å². The normalized spacial score (nSPS) is 16.0. The number of ether oxygens (including phenoxy) is 3. The summed E-state index contributed by atoms with van der Waals surface area (Å²) in [6.07, 6.45) is 0. The number of rotatable bonds is 5. The van der Waals surface area contributed by atoms with Crippen molar-refractivity contribution in [1.29, 1.82) is 0 Å². The van der Waals surface area contributed by atoms with Crippen molar-refractivity contribution in [3.63, 3.8) is 0 Å². The van der Waals surface area contributed by atoms with Crippen molar-refractivity contribution in [3.8, 4) is 11.5 Å². The number of benzene rings is 2. The molecule has 166 valence electrons. The molecule has 2 aromatic rings. The number of hydrogen-bond acceptors (Lipinski definition) is 5. The van der Waals surface area contributed by atoms with E-state index in [4.69, 9.17) is 14.2 Å². The van der Waals surface area contributed by atoms with Crippen molar-refractivity contribution in [2.24, 2.45) is 0 Å². The summed E-state index contributed by atoms with van der Waals surface area (Å²) in [5.74, 6) is 0.295. The molecule has 1 heterocycles. The molecule has 1 atom stereocenters. The minimum atomic E-state index is -0.464. The monoisotopic (exact) mass is 424 g/mol. The first-order valence-electron chi connectivity index (χ1n) is 10.6. The molecular formula is C26H32O5. The van der Waals surface area contributed by atoms with Crippen LogP contribution in [0.4, 0.5) is 0 Å². The third kappa shape index (κ3) is 5.09. The Balaban J connectivity index is 1.93. The molecule has 0 bridgehead atoms. The molecule has 0 amide bonds. The summed E-state index contributed by atoms with van der Waals surface area (Å²) in [5, 5.41) is 0. The van der Waals surface area contributed by atoms with E-state index in [1.807, 2.05) is 24.3 Å². The van der Waals surface area contributed by atoms with Crippen LogP contribution in [-0.2, 0) is 25.2 Å². The number of esters is 2. The lowest BCUT2D eigenvalue weighted by Gasteiger charge is -2.27. The van der Waals surface area contributed by atoms with E-state index in [9.17, 15) is 9.59 Å². The Morgan fingerprint density at radius 1 is 0.968 bits per heavy atom. The van der Waals surface area contributed by atoms with Crippen LogP contribution in [0.15, 0.2) is 36.4 Å². The van der Waals surface area contributed by atoms with Crippen LogP contribution in [0.3, 0.4) is 0 Å². The highest BCUT2D eigenvalue weighted by Gasteiger charge is 2.39. The van der Waals surface area contributed by atoms with Crippen LogP contribution < -0.4 is 9.47 Å². The van der Waals surface area contributed by atoms with Gasteiger partial charge in [0.1, 0.15) is 30.6 Å². The third-order valence-electron chi connectivity index (χ3n) is 5.41. The van der Waals surface area contributed by atoms with Gasteiger partial charge in [0.25, 0.3) is 0 Å². The molecule has 5 heteroatoms. The van der Waals surface area contributed by atoms with Crippen LogP contribution >= 0.6 is 0 Å². The molecule has 0 N–H and O–H groups in total. The average molecular weight is 425 g/mol. The SMILES string of the molecule is CC(=O)OCCOc1ccc(C2C(=O)Oc3c2cc(C(C)(C)C)cc3C(C)(C)C)cc1. The quantitative estimate of drug-likeness (QED) is 0.371. The Hall–Kier alpha value is -2.82. The zero-order valence-electron chi connectivity index (χ0n) is 19.5. The maximum absolute atomic E-state index is 12.9. The summed E-state index contributed by atoms with van der Waals surface area (Å²) in [4.78, 5) is 23.8. The molecule has 0 fully saturated rings. The van der Waals surface area contributed by atoms with Gasteiger partial charge in [-0.3, -0.25) is 9.59 Å². The molecule has 1 aliphatic rings. The van der Waals surface area contributed by atoms with E-state index in [-0.39, 0.29) is 36.0 Å². The van der Waals surface area contributed by atoms with Crippen molar-refractivity contribution < 1.29 is 23.8 Å². The van der Waals surface area contributed by atoms with Gasteiger partial charge in [-0.15, -0.1) is 0 Å². The van der Waals surface area contributed by atoms with E-state index in [0.717, 1.165) is 16.7 Å². The van der Waals surface area contributed by atoms with Gasteiger partial charge in [0.15, 0.2) is 0 Å².